The number of hydrogen-bond donors (Lipinski definition) is 5. The summed E-state index contributed by atoms with van der Waals surface area (Å²) in [5.41, 5.74) is -8.24. The minimum absolute atomic E-state index is 0.0329. The number of fused-ring (bicyclic) bond motifs is 3. The molecule has 274 valence electrons. The largest absolute Gasteiger partial charge is 0.507 e. The number of allylic oxidation sites excluding steroid dienone is 2. The first-order valence-corrected chi connectivity index (χ1v) is 17.2. The quantitative estimate of drug-likeness (QED) is 0.294. The van der Waals surface area contributed by atoms with Gasteiger partial charge in [-0.05, 0) is 58.4 Å². The first-order chi connectivity index (χ1) is 23.9. The van der Waals surface area contributed by atoms with E-state index in [1.54, 1.807) is 19.9 Å². The van der Waals surface area contributed by atoms with Gasteiger partial charge in [-0.15, -0.1) is 0 Å². The molecule has 3 heterocycles. The van der Waals surface area contributed by atoms with E-state index in [2.05, 4.69) is 0 Å². The molecule has 5 N–H and O–H groups in total. The van der Waals surface area contributed by atoms with Gasteiger partial charge in [-0.2, -0.15) is 0 Å². The average Bonchev–Trinajstić information content (AvgIpc) is 3.04. The zero-order chi connectivity index (χ0) is 36.8. The number of aliphatic hydroxyl groups is 4. The van der Waals surface area contributed by atoms with E-state index in [1.165, 1.54) is 25.1 Å². The van der Waals surface area contributed by atoms with Gasteiger partial charge in [-0.3, -0.25) is 19.2 Å². The summed E-state index contributed by atoms with van der Waals surface area (Å²) in [4.78, 5) is 52.7. The van der Waals surface area contributed by atoms with Crippen LogP contribution < -0.4 is 0 Å². The van der Waals surface area contributed by atoms with Crippen molar-refractivity contribution in [2.45, 2.75) is 132 Å². The molecule has 0 amide bonds. The zero-order valence-corrected chi connectivity index (χ0v) is 28.6. The van der Waals surface area contributed by atoms with Gasteiger partial charge in [0.15, 0.2) is 41.3 Å². The van der Waals surface area contributed by atoms with Crippen LogP contribution in [0.1, 0.15) is 92.2 Å². The molecule has 12 atom stereocenters. The van der Waals surface area contributed by atoms with Crippen LogP contribution in [0.3, 0.4) is 0 Å². The van der Waals surface area contributed by atoms with Gasteiger partial charge in [0.25, 0.3) is 0 Å². The molecule has 3 aliphatic carbocycles. The molecule has 0 unspecified atom stereocenters. The van der Waals surface area contributed by atoms with Gasteiger partial charge in [0.1, 0.15) is 23.6 Å². The maximum Gasteiger partial charge on any atom is 0.198 e. The molecule has 0 aromatic heterocycles. The maximum absolute atomic E-state index is 13.9. The summed E-state index contributed by atoms with van der Waals surface area (Å²) in [5.74, 6) is -3.46. The fraction of sp³-hybridized carbons (Fsp3) is 0.568. The molecule has 14 nitrogen and oxygen atoms in total. The number of hydrogen-bond acceptors (Lipinski definition) is 14. The van der Waals surface area contributed by atoms with Gasteiger partial charge < -0.3 is 49.2 Å². The van der Waals surface area contributed by atoms with E-state index < -0.39 is 101 Å². The summed E-state index contributed by atoms with van der Waals surface area (Å²) in [6.45, 7) is 6.52. The molecule has 6 aliphatic rings. The minimum Gasteiger partial charge on any atom is -0.507 e. The number of ether oxygens (including phenoxy) is 5. The van der Waals surface area contributed by atoms with Crippen LogP contribution >= 0.6 is 0 Å². The number of benzene rings is 1. The van der Waals surface area contributed by atoms with E-state index >= 15 is 0 Å². The number of rotatable bonds is 5. The lowest BCUT2D eigenvalue weighted by Gasteiger charge is -2.51. The van der Waals surface area contributed by atoms with Crippen LogP contribution in [0.4, 0.5) is 0 Å². The molecule has 1 aromatic rings. The number of phenolic OH excluding ortho intramolecular Hbond substituents is 1. The second-order valence-corrected chi connectivity index (χ2v) is 14.8. The first-order valence-electron chi connectivity index (χ1n) is 17.2. The van der Waals surface area contributed by atoms with E-state index in [1.807, 2.05) is 6.92 Å². The zero-order valence-electron chi connectivity index (χ0n) is 28.6. The highest BCUT2D eigenvalue weighted by Gasteiger charge is 2.66. The van der Waals surface area contributed by atoms with Crippen molar-refractivity contribution >= 4 is 23.1 Å². The lowest BCUT2D eigenvalue weighted by Crippen LogP contribution is -2.69. The molecule has 0 spiro atoms. The van der Waals surface area contributed by atoms with Crippen LogP contribution in [-0.2, 0) is 33.3 Å². The van der Waals surface area contributed by atoms with Crippen LogP contribution in [-0.4, -0.2) is 115 Å². The summed E-state index contributed by atoms with van der Waals surface area (Å²) >= 11 is 0. The summed E-state index contributed by atoms with van der Waals surface area (Å²) in [5, 5.41) is 56.2. The Morgan fingerprint density at radius 3 is 2.33 bits per heavy atom. The lowest BCUT2D eigenvalue weighted by molar-refractivity contribution is -0.292. The molecular formula is C37H42O14. The van der Waals surface area contributed by atoms with Crippen LogP contribution in [0.2, 0.25) is 0 Å². The fourth-order valence-corrected chi connectivity index (χ4v) is 8.27. The summed E-state index contributed by atoms with van der Waals surface area (Å²) in [7, 11) is 0. The topological polar surface area (TPSA) is 216 Å². The Morgan fingerprint density at radius 2 is 1.65 bits per heavy atom. The van der Waals surface area contributed by atoms with Gasteiger partial charge in [0.05, 0.1) is 47.3 Å². The van der Waals surface area contributed by atoms with Gasteiger partial charge in [-0.1, -0.05) is 12.1 Å². The molecular weight excluding hydrogens is 668 g/mol. The number of Topliss-reactive ketones (excluding diaryl/α,β-unsaturated/α-hetero) is 3. The smallest absolute Gasteiger partial charge is 0.198 e. The molecule has 3 aliphatic heterocycles. The van der Waals surface area contributed by atoms with Crippen LogP contribution in [0, 0.1) is 0 Å². The second kappa shape index (κ2) is 12.6. The molecule has 0 bridgehead atoms. The van der Waals surface area contributed by atoms with Crippen molar-refractivity contribution in [1.29, 1.82) is 0 Å². The Kier molecular flexibility index (Phi) is 8.88. The highest BCUT2D eigenvalue weighted by Crippen LogP contribution is 2.52. The third-order valence-electron chi connectivity index (χ3n) is 10.9. The molecule has 7 rings (SSSR count). The SMILES string of the molecule is C[C@@H]1O[C@@H](O[C@H]2CC[C@H](O[C@H]3[C@H](O)C[C@H](c4ccc5c(c4O)C(=O)C4=C(C5=O)[C@@]5(O)C(=O)C[C@](C)(O)C[C@@]5(O)C=C4)O[C@@H]3C)O[C@H]2C)C=CC1=O. The first kappa shape index (κ1) is 35.9. The summed E-state index contributed by atoms with van der Waals surface area (Å²) in [6.07, 6.45) is -0.990. The van der Waals surface area contributed by atoms with Crippen molar-refractivity contribution in [2.75, 3.05) is 0 Å². The highest BCUT2D eigenvalue weighted by molar-refractivity contribution is 6.32. The van der Waals surface area contributed by atoms with E-state index in [0.29, 0.717) is 12.8 Å². The van der Waals surface area contributed by atoms with Gasteiger partial charge in [-0.25, -0.2) is 0 Å². The molecule has 2 saturated heterocycles. The standard InChI is InChI=1S/C37H42O14/c1-16-22(38)7-9-27(48-16)50-24-8-10-28(49-17(24)2)51-34-18(3)47-25(13-23(34)39)19-5-6-20-29(31(19)41)32(42)21-11-12-36(45)15-35(4,44)14-26(40)37(36,46)30(21)33(20)43/h5-7,9,11-12,16-18,23-25,27-28,34,39,41,44-46H,8,10,13-15H2,1-4H3/t16-,17-,18+,23+,24-,25+,27-,28-,34+,35-,36-,37-/m0/s1. The van der Waals surface area contributed by atoms with Crippen molar-refractivity contribution in [3.8, 4) is 5.75 Å². The average molecular weight is 711 g/mol. The van der Waals surface area contributed by atoms with E-state index in [4.69, 9.17) is 23.7 Å². The molecule has 3 fully saturated rings. The van der Waals surface area contributed by atoms with Crippen molar-refractivity contribution in [3.05, 3.63) is 64.3 Å². The number of ketones is 4. The number of phenols is 1. The Hall–Kier alpha value is -3.44. The normalized spacial score (nSPS) is 42.5. The van der Waals surface area contributed by atoms with Crippen molar-refractivity contribution in [2.24, 2.45) is 0 Å². The lowest BCUT2D eigenvalue weighted by atomic mass is 9.57. The number of carbonyl (C=O) groups excluding carboxylic acids is 4. The van der Waals surface area contributed by atoms with Crippen molar-refractivity contribution < 1.29 is 68.4 Å². The van der Waals surface area contributed by atoms with Gasteiger partial charge >= 0.3 is 0 Å². The molecule has 51 heavy (non-hydrogen) atoms. The monoisotopic (exact) mass is 710 g/mol. The maximum atomic E-state index is 13.9. The third-order valence-corrected chi connectivity index (χ3v) is 10.9. The Bertz CT molecular complexity index is 1760. The van der Waals surface area contributed by atoms with Crippen molar-refractivity contribution in [1.82, 2.24) is 0 Å². The predicted octanol–water partition coefficient (Wildman–Crippen LogP) is 1.59. The molecule has 14 heteroatoms. The highest BCUT2D eigenvalue weighted by atomic mass is 16.7. The van der Waals surface area contributed by atoms with Gasteiger partial charge in [0.2, 0.25) is 0 Å². The third kappa shape index (κ3) is 5.86. The van der Waals surface area contributed by atoms with Crippen LogP contribution in [0.5, 0.6) is 5.75 Å². The second-order valence-electron chi connectivity index (χ2n) is 14.8. The number of aliphatic hydroxyl groups excluding tert-OH is 1. The van der Waals surface area contributed by atoms with E-state index in [-0.39, 0.29) is 46.7 Å². The summed E-state index contributed by atoms with van der Waals surface area (Å²) in [6, 6.07) is 2.66. The molecule has 1 aromatic carbocycles. The Morgan fingerprint density at radius 1 is 0.902 bits per heavy atom. The van der Waals surface area contributed by atoms with Crippen LogP contribution in [0.25, 0.3) is 0 Å². The minimum atomic E-state index is -2.78. The van der Waals surface area contributed by atoms with Crippen molar-refractivity contribution in [3.63, 3.8) is 0 Å². The summed E-state index contributed by atoms with van der Waals surface area (Å²) < 4.78 is 30.0. The fourth-order valence-electron chi connectivity index (χ4n) is 8.27. The van der Waals surface area contributed by atoms with E-state index in [0.717, 1.165) is 12.2 Å². The number of aromatic hydroxyl groups is 1. The predicted molar refractivity (Wildman–Crippen MR) is 173 cm³/mol. The van der Waals surface area contributed by atoms with Crippen LogP contribution in [0.15, 0.2) is 47.6 Å². The van der Waals surface area contributed by atoms with E-state index in [9.17, 15) is 44.7 Å². The Balaban J connectivity index is 1.05. The Labute approximate surface area is 293 Å². The number of carbonyl (C=O) groups is 4. The molecule has 0 radical (unpaired) electrons. The van der Waals surface area contributed by atoms with Gasteiger partial charge in [0, 0.05) is 42.4 Å². The molecule has 1 saturated carbocycles.